The van der Waals surface area contributed by atoms with Crippen molar-refractivity contribution in [2.45, 2.75) is 70.1 Å². The molecule has 1 saturated carbocycles. The van der Waals surface area contributed by atoms with Crippen molar-refractivity contribution in [3.8, 4) is 0 Å². The Morgan fingerprint density at radius 3 is 2.53 bits per heavy atom. The highest BCUT2D eigenvalue weighted by Gasteiger charge is 2.22. The molecule has 1 aliphatic carbocycles. The Balaban J connectivity index is 2.25. The molecule has 1 aliphatic rings. The molecule has 1 rings (SSSR count). The summed E-state index contributed by atoms with van der Waals surface area (Å²) in [6.45, 7) is 7.64. The molecule has 0 heterocycles. The number of rotatable bonds is 7. The second-order valence-corrected chi connectivity index (χ2v) is 7.14. The molecular weight excluding hydrogens is 256 g/mol. The number of hydrogen-bond acceptors (Lipinski definition) is 3. The second kappa shape index (κ2) is 8.80. The van der Waals surface area contributed by atoms with Crippen LogP contribution in [-0.4, -0.2) is 21.6 Å². The van der Waals surface area contributed by atoms with Crippen LogP contribution in [-0.2, 0) is 4.79 Å². The van der Waals surface area contributed by atoms with E-state index in [1.807, 2.05) is 13.8 Å². The van der Waals surface area contributed by atoms with Gasteiger partial charge in [-0.05, 0) is 31.6 Å². The van der Waals surface area contributed by atoms with Gasteiger partial charge in [-0.2, -0.15) is 0 Å². The molecule has 0 saturated heterocycles. The van der Waals surface area contributed by atoms with E-state index in [9.17, 15) is 9.90 Å². The normalized spacial score (nSPS) is 21.6. The molecule has 1 unspecified atom stereocenters. The lowest BCUT2D eigenvalue weighted by Gasteiger charge is -2.22. The van der Waals surface area contributed by atoms with E-state index < -0.39 is 0 Å². The van der Waals surface area contributed by atoms with Crippen LogP contribution in [0.25, 0.3) is 0 Å². The minimum absolute atomic E-state index is 0.0543. The lowest BCUT2D eigenvalue weighted by molar-refractivity contribution is -0.114. The third kappa shape index (κ3) is 6.13. The fraction of sp³-hybridized carbons (Fsp3) is 0.812. The molecule has 3 atom stereocenters. The molecule has 2 nitrogen and oxygen atoms in total. The minimum Gasteiger partial charge on any atom is -0.393 e. The van der Waals surface area contributed by atoms with Crippen LogP contribution in [0.15, 0.2) is 12.7 Å². The number of carbonyl (C=O) groups is 1. The first kappa shape index (κ1) is 16.8. The van der Waals surface area contributed by atoms with Crippen LogP contribution >= 0.6 is 11.8 Å². The van der Waals surface area contributed by atoms with Gasteiger partial charge in [0.2, 0.25) is 0 Å². The van der Waals surface area contributed by atoms with Crippen LogP contribution in [0.4, 0.5) is 0 Å². The summed E-state index contributed by atoms with van der Waals surface area (Å²) in [5.74, 6) is 0.159. The molecule has 0 amide bonds. The lowest BCUT2D eigenvalue weighted by atomic mass is 9.96. The van der Waals surface area contributed by atoms with Gasteiger partial charge in [-0.3, -0.25) is 4.79 Å². The monoisotopic (exact) mass is 284 g/mol. The summed E-state index contributed by atoms with van der Waals surface area (Å²) in [6, 6.07) is 0. The summed E-state index contributed by atoms with van der Waals surface area (Å²) < 4.78 is 0. The number of hydrogen-bond donors (Lipinski definition) is 1. The van der Waals surface area contributed by atoms with Crippen molar-refractivity contribution in [3.05, 3.63) is 12.7 Å². The first-order valence-corrected chi connectivity index (χ1v) is 8.43. The van der Waals surface area contributed by atoms with Crippen LogP contribution in [0.5, 0.6) is 0 Å². The number of aliphatic hydroxyl groups is 1. The van der Waals surface area contributed by atoms with Gasteiger partial charge in [0.25, 0.3) is 0 Å². The highest BCUT2D eigenvalue weighted by Crippen LogP contribution is 2.31. The van der Waals surface area contributed by atoms with E-state index in [2.05, 4.69) is 6.58 Å². The predicted octanol–water partition coefficient (Wildman–Crippen LogP) is 4.18. The predicted molar refractivity (Wildman–Crippen MR) is 83.2 cm³/mol. The van der Waals surface area contributed by atoms with Crippen molar-refractivity contribution >= 4 is 16.9 Å². The van der Waals surface area contributed by atoms with E-state index in [-0.39, 0.29) is 17.9 Å². The molecule has 0 bridgehead atoms. The van der Waals surface area contributed by atoms with Gasteiger partial charge in [-0.15, -0.1) is 6.58 Å². The van der Waals surface area contributed by atoms with Crippen molar-refractivity contribution in [2.24, 2.45) is 11.8 Å². The summed E-state index contributed by atoms with van der Waals surface area (Å²) in [7, 11) is 0. The lowest BCUT2D eigenvalue weighted by Crippen LogP contribution is -2.19. The van der Waals surface area contributed by atoms with Gasteiger partial charge < -0.3 is 5.11 Å². The number of thioether (sulfide) groups is 1. The van der Waals surface area contributed by atoms with Gasteiger partial charge >= 0.3 is 0 Å². The van der Waals surface area contributed by atoms with E-state index in [1.165, 1.54) is 32.1 Å². The van der Waals surface area contributed by atoms with E-state index >= 15 is 0 Å². The van der Waals surface area contributed by atoms with Gasteiger partial charge in [-0.1, -0.05) is 50.9 Å². The molecule has 1 fully saturated rings. The van der Waals surface area contributed by atoms with Gasteiger partial charge in [-0.25, -0.2) is 0 Å². The third-order valence-corrected chi connectivity index (χ3v) is 5.55. The maximum absolute atomic E-state index is 12.1. The summed E-state index contributed by atoms with van der Waals surface area (Å²) >= 11 is 1.55. The molecule has 0 aromatic carbocycles. The van der Waals surface area contributed by atoms with E-state index in [4.69, 9.17) is 0 Å². The Bertz CT molecular complexity index is 284. The van der Waals surface area contributed by atoms with Gasteiger partial charge in [0.1, 0.15) is 0 Å². The Hall–Kier alpha value is -0.280. The zero-order chi connectivity index (χ0) is 14.3. The van der Waals surface area contributed by atoms with Gasteiger partial charge in [0, 0.05) is 11.2 Å². The molecule has 0 aliphatic heterocycles. The van der Waals surface area contributed by atoms with Crippen LogP contribution in [0.2, 0.25) is 0 Å². The van der Waals surface area contributed by atoms with Gasteiger partial charge in [0.05, 0.1) is 6.10 Å². The van der Waals surface area contributed by atoms with E-state index in [1.54, 1.807) is 17.8 Å². The maximum Gasteiger partial charge on any atom is 0.192 e. The van der Waals surface area contributed by atoms with Crippen LogP contribution in [0, 0.1) is 11.8 Å². The fourth-order valence-electron chi connectivity index (χ4n) is 2.42. The quantitative estimate of drug-likeness (QED) is 0.713. The fourth-order valence-corrected chi connectivity index (χ4v) is 3.67. The van der Waals surface area contributed by atoms with Crippen LogP contribution < -0.4 is 0 Å². The standard InChI is InChI=1S/C16H28O2S/c1-4-12(2)15(17)11-10-13(3)16(18)19-14-8-6-5-7-9-14/h4,12-15,17H,1,5-11H2,2-3H3/t12-,13?,15+/m0/s1. The molecule has 0 aromatic rings. The molecule has 19 heavy (non-hydrogen) atoms. The highest BCUT2D eigenvalue weighted by molar-refractivity contribution is 8.14. The highest BCUT2D eigenvalue weighted by atomic mass is 32.2. The van der Waals surface area contributed by atoms with Crippen molar-refractivity contribution in [1.29, 1.82) is 0 Å². The third-order valence-electron chi connectivity index (χ3n) is 4.11. The molecule has 0 radical (unpaired) electrons. The Morgan fingerprint density at radius 2 is 1.95 bits per heavy atom. The zero-order valence-electron chi connectivity index (χ0n) is 12.3. The first-order valence-electron chi connectivity index (χ1n) is 7.55. The maximum atomic E-state index is 12.1. The van der Waals surface area contributed by atoms with Crippen molar-refractivity contribution in [3.63, 3.8) is 0 Å². The first-order chi connectivity index (χ1) is 9.04. The molecule has 3 heteroatoms. The second-order valence-electron chi connectivity index (χ2n) is 5.84. The zero-order valence-corrected chi connectivity index (χ0v) is 13.1. The summed E-state index contributed by atoms with van der Waals surface area (Å²) in [5.41, 5.74) is 0. The Kier molecular flexibility index (Phi) is 7.77. The molecule has 110 valence electrons. The average molecular weight is 284 g/mol. The van der Waals surface area contributed by atoms with E-state index in [0.29, 0.717) is 16.8 Å². The summed E-state index contributed by atoms with van der Waals surface area (Å²) in [6.07, 6.45) is 9.12. The smallest absolute Gasteiger partial charge is 0.192 e. The molecule has 0 spiro atoms. The Labute approximate surface area is 122 Å². The topological polar surface area (TPSA) is 37.3 Å². The number of carbonyl (C=O) groups excluding carboxylic acids is 1. The SMILES string of the molecule is C=C[C@H](C)[C@H](O)CCC(C)C(=O)SC1CCCCC1. The van der Waals surface area contributed by atoms with Crippen LogP contribution in [0.3, 0.4) is 0 Å². The number of aliphatic hydroxyl groups excluding tert-OH is 1. The minimum atomic E-state index is -0.368. The largest absolute Gasteiger partial charge is 0.393 e. The van der Waals surface area contributed by atoms with Crippen molar-refractivity contribution in [2.75, 3.05) is 0 Å². The summed E-state index contributed by atoms with van der Waals surface area (Å²) in [4.78, 5) is 12.1. The molecular formula is C16H28O2S. The van der Waals surface area contributed by atoms with Gasteiger partial charge in [0.15, 0.2) is 5.12 Å². The van der Waals surface area contributed by atoms with Crippen molar-refractivity contribution in [1.82, 2.24) is 0 Å². The Morgan fingerprint density at radius 1 is 1.32 bits per heavy atom. The van der Waals surface area contributed by atoms with Crippen LogP contribution in [0.1, 0.15) is 58.8 Å². The molecule has 0 aromatic heterocycles. The van der Waals surface area contributed by atoms with Crippen molar-refractivity contribution < 1.29 is 9.90 Å². The summed E-state index contributed by atoms with van der Waals surface area (Å²) in [5, 5.41) is 10.7. The average Bonchev–Trinajstić information content (AvgIpc) is 2.44. The molecule has 1 N–H and O–H groups in total. The van der Waals surface area contributed by atoms with E-state index in [0.717, 1.165) is 6.42 Å².